The number of nitrogens with one attached hydrogen (secondary N) is 1. The highest BCUT2D eigenvalue weighted by Gasteiger charge is 2.09. The molecule has 96 valence electrons. The number of aromatic nitrogens is 2. The van der Waals surface area contributed by atoms with Gasteiger partial charge in [0.2, 0.25) is 0 Å². The van der Waals surface area contributed by atoms with Gasteiger partial charge in [-0.05, 0) is 6.42 Å². The zero-order valence-corrected chi connectivity index (χ0v) is 10.9. The second kappa shape index (κ2) is 7.06. The monoisotopic (exact) mass is 238 g/mol. The van der Waals surface area contributed by atoms with Crippen LogP contribution < -0.4 is 10.2 Å². The molecule has 0 spiro atoms. The summed E-state index contributed by atoms with van der Waals surface area (Å²) >= 11 is 0. The highest BCUT2D eigenvalue weighted by Crippen LogP contribution is 2.16. The normalized spacial score (nSPS) is 10.4. The maximum absolute atomic E-state index is 9.08. The van der Waals surface area contributed by atoms with Gasteiger partial charge in [-0.3, -0.25) is 0 Å². The van der Waals surface area contributed by atoms with Crippen LogP contribution in [-0.2, 0) is 6.42 Å². The molecule has 0 radical (unpaired) electrons. The lowest BCUT2D eigenvalue weighted by atomic mass is 10.3. The summed E-state index contributed by atoms with van der Waals surface area (Å²) in [7, 11) is 1.85. The molecule has 0 aliphatic rings. The Bertz CT molecular complexity index is 315. The Balaban J connectivity index is 2.99. The molecule has 0 amide bonds. The van der Waals surface area contributed by atoms with Crippen LogP contribution in [0.4, 0.5) is 11.6 Å². The van der Waals surface area contributed by atoms with Crippen molar-refractivity contribution in [3.63, 3.8) is 0 Å². The smallest absolute Gasteiger partial charge is 0.134 e. The number of aliphatic hydroxyl groups is 1. The molecule has 1 rings (SSSR count). The molecule has 0 bridgehead atoms. The van der Waals surface area contributed by atoms with E-state index in [0.29, 0.717) is 6.54 Å². The number of anilines is 2. The van der Waals surface area contributed by atoms with Crippen molar-refractivity contribution < 1.29 is 5.11 Å². The maximum atomic E-state index is 9.08. The van der Waals surface area contributed by atoms with Gasteiger partial charge in [0.05, 0.1) is 6.61 Å². The molecule has 0 aromatic carbocycles. The summed E-state index contributed by atoms with van der Waals surface area (Å²) in [6.45, 7) is 5.79. The van der Waals surface area contributed by atoms with E-state index < -0.39 is 0 Å². The SMILES string of the molecule is CCCN(CCO)c1cc(NC)nc(CC)n1. The third-order valence-electron chi connectivity index (χ3n) is 2.52. The van der Waals surface area contributed by atoms with E-state index in [1.165, 1.54) is 0 Å². The molecular weight excluding hydrogens is 216 g/mol. The van der Waals surface area contributed by atoms with E-state index in [9.17, 15) is 0 Å². The average Bonchev–Trinajstić information content (AvgIpc) is 2.37. The summed E-state index contributed by atoms with van der Waals surface area (Å²) in [6.07, 6.45) is 1.84. The molecule has 5 heteroatoms. The standard InChI is InChI=1S/C12H22N4O/c1-4-6-16(7-8-17)12-9-11(13-3)14-10(5-2)15-12/h9,17H,4-8H2,1-3H3,(H,13,14,15). The number of aliphatic hydroxyl groups excluding tert-OH is 1. The molecule has 1 aromatic heterocycles. The van der Waals surface area contributed by atoms with Crippen molar-refractivity contribution in [2.45, 2.75) is 26.7 Å². The molecule has 0 aliphatic heterocycles. The Morgan fingerprint density at radius 1 is 1.29 bits per heavy atom. The fourth-order valence-corrected chi connectivity index (χ4v) is 1.66. The van der Waals surface area contributed by atoms with Crippen molar-refractivity contribution in [1.29, 1.82) is 0 Å². The predicted molar refractivity (Wildman–Crippen MR) is 70.5 cm³/mol. The van der Waals surface area contributed by atoms with E-state index in [4.69, 9.17) is 5.11 Å². The van der Waals surface area contributed by atoms with Crippen LogP contribution >= 0.6 is 0 Å². The van der Waals surface area contributed by atoms with E-state index in [-0.39, 0.29) is 6.61 Å². The van der Waals surface area contributed by atoms with Crippen LogP contribution in [0.5, 0.6) is 0 Å². The van der Waals surface area contributed by atoms with Gasteiger partial charge in [0.15, 0.2) is 0 Å². The van der Waals surface area contributed by atoms with Crippen molar-refractivity contribution in [1.82, 2.24) is 9.97 Å². The molecule has 0 atom stereocenters. The van der Waals surface area contributed by atoms with Crippen LogP contribution in [0.15, 0.2) is 6.07 Å². The number of hydrogen-bond acceptors (Lipinski definition) is 5. The van der Waals surface area contributed by atoms with E-state index >= 15 is 0 Å². The minimum atomic E-state index is 0.139. The lowest BCUT2D eigenvalue weighted by Crippen LogP contribution is -2.28. The minimum Gasteiger partial charge on any atom is -0.395 e. The first-order chi connectivity index (χ1) is 8.24. The third-order valence-corrected chi connectivity index (χ3v) is 2.52. The predicted octanol–water partition coefficient (Wildman–Crippen LogP) is 1.29. The van der Waals surface area contributed by atoms with Gasteiger partial charge in [0.1, 0.15) is 17.5 Å². The zero-order valence-electron chi connectivity index (χ0n) is 10.9. The number of hydrogen-bond donors (Lipinski definition) is 2. The minimum absolute atomic E-state index is 0.139. The van der Waals surface area contributed by atoms with Crippen molar-refractivity contribution in [2.75, 3.05) is 37.0 Å². The number of rotatable bonds is 7. The van der Waals surface area contributed by atoms with E-state index in [1.54, 1.807) is 0 Å². The first-order valence-corrected chi connectivity index (χ1v) is 6.16. The van der Waals surface area contributed by atoms with Gasteiger partial charge in [-0.2, -0.15) is 0 Å². The maximum Gasteiger partial charge on any atom is 0.134 e. The Labute approximate surface area is 103 Å². The first-order valence-electron chi connectivity index (χ1n) is 6.16. The number of nitrogens with zero attached hydrogens (tertiary/aromatic N) is 3. The quantitative estimate of drug-likeness (QED) is 0.749. The Hall–Kier alpha value is -1.36. The van der Waals surface area contributed by atoms with Gasteiger partial charge in [0, 0.05) is 32.6 Å². The topological polar surface area (TPSA) is 61.3 Å². The second-order valence-electron chi connectivity index (χ2n) is 3.84. The van der Waals surface area contributed by atoms with Gasteiger partial charge in [-0.1, -0.05) is 13.8 Å². The molecule has 17 heavy (non-hydrogen) atoms. The van der Waals surface area contributed by atoms with Crippen LogP contribution in [0.3, 0.4) is 0 Å². The van der Waals surface area contributed by atoms with Crippen LogP contribution in [0, 0.1) is 0 Å². The Kier molecular flexibility index (Phi) is 5.69. The fourth-order valence-electron chi connectivity index (χ4n) is 1.66. The summed E-state index contributed by atoms with van der Waals surface area (Å²) in [4.78, 5) is 10.9. The summed E-state index contributed by atoms with van der Waals surface area (Å²) < 4.78 is 0. The second-order valence-corrected chi connectivity index (χ2v) is 3.84. The highest BCUT2D eigenvalue weighted by atomic mass is 16.3. The van der Waals surface area contributed by atoms with Gasteiger partial charge >= 0.3 is 0 Å². The Morgan fingerprint density at radius 2 is 2.06 bits per heavy atom. The average molecular weight is 238 g/mol. The van der Waals surface area contributed by atoms with Crippen molar-refractivity contribution in [3.05, 3.63) is 11.9 Å². The summed E-state index contributed by atoms with van der Waals surface area (Å²) in [6, 6.07) is 1.92. The molecule has 0 unspecified atom stereocenters. The van der Waals surface area contributed by atoms with E-state index in [1.807, 2.05) is 20.0 Å². The first kappa shape index (κ1) is 13.7. The summed E-state index contributed by atoms with van der Waals surface area (Å²) in [5, 5.41) is 12.1. The van der Waals surface area contributed by atoms with Crippen molar-refractivity contribution in [2.24, 2.45) is 0 Å². The van der Waals surface area contributed by atoms with E-state index in [0.717, 1.165) is 36.8 Å². The molecule has 5 nitrogen and oxygen atoms in total. The lowest BCUT2D eigenvalue weighted by molar-refractivity contribution is 0.301. The van der Waals surface area contributed by atoms with Gasteiger partial charge in [-0.15, -0.1) is 0 Å². The third kappa shape index (κ3) is 3.85. The molecular formula is C12H22N4O. The Morgan fingerprint density at radius 3 is 2.59 bits per heavy atom. The van der Waals surface area contributed by atoms with Gasteiger partial charge in [0.25, 0.3) is 0 Å². The molecule has 1 heterocycles. The largest absolute Gasteiger partial charge is 0.395 e. The van der Waals surface area contributed by atoms with Crippen molar-refractivity contribution in [3.8, 4) is 0 Å². The highest BCUT2D eigenvalue weighted by molar-refractivity contribution is 5.49. The fraction of sp³-hybridized carbons (Fsp3) is 0.667. The van der Waals surface area contributed by atoms with Crippen LogP contribution in [0.1, 0.15) is 26.1 Å². The van der Waals surface area contributed by atoms with Gasteiger partial charge < -0.3 is 15.3 Å². The lowest BCUT2D eigenvalue weighted by Gasteiger charge is -2.23. The van der Waals surface area contributed by atoms with Crippen LogP contribution in [0.25, 0.3) is 0 Å². The molecule has 0 fully saturated rings. The van der Waals surface area contributed by atoms with Crippen LogP contribution in [-0.4, -0.2) is 41.8 Å². The van der Waals surface area contributed by atoms with E-state index in [2.05, 4.69) is 27.1 Å². The zero-order chi connectivity index (χ0) is 12.7. The summed E-state index contributed by atoms with van der Waals surface area (Å²) in [5.41, 5.74) is 0. The van der Waals surface area contributed by atoms with Gasteiger partial charge in [-0.25, -0.2) is 9.97 Å². The molecule has 0 aliphatic carbocycles. The van der Waals surface area contributed by atoms with Crippen LogP contribution in [0.2, 0.25) is 0 Å². The van der Waals surface area contributed by atoms with Crippen molar-refractivity contribution >= 4 is 11.6 Å². The summed E-state index contributed by atoms with van der Waals surface area (Å²) in [5.74, 6) is 2.54. The molecule has 0 saturated heterocycles. The number of aryl methyl sites for hydroxylation is 1. The molecule has 0 saturated carbocycles. The molecule has 2 N–H and O–H groups in total. The molecule has 1 aromatic rings.